The summed E-state index contributed by atoms with van der Waals surface area (Å²) < 4.78 is 15.8. The third-order valence-corrected chi connectivity index (χ3v) is 11.6. The lowest BCUT2D eigenvalue weighted by Crippen LogP contribution is -2.47. The lowest BCUT2D eigenvalue weighted by molar-refractivity contribution is 0.0200. The first-order chi connectivity index (χ1) is 32.4. The number of carbonyl (C=O) groups excluding carboxylic acids is 3. The Kier molecular flexibility index (Phi) is 14.8. The molecule has 0 unspecified atom stereocenters. The highest BCUT2D eigenvalue weighted by Crippen LogP contribution is 2.34. The summed E-state index contributed by atoms with van der Waals surface area (Å²) in [5.41, 5.74) is 5.54. The number of amides is 2. The van der Waals surface area contributed by atoms with Gasteiger partial charge in [-0.1, -0.05) is 60.7 Å². The molecule has 2 amide bonds. The molecule has 16 heteroatoms. The molecule has 0 spiro atoms. The summed E-state index contributed by atoms with van der Waals surface area (Å²) in [6, 6.07) is 29.9. The van der Waals surface area contributed by atoms with Crippen LogP contribution in [0.15, 0.2) is 97.1 Å². The minimum Gasteiger partial charge on any atom is -0.478 e. The third kappa shape index (κ3) is 12.1. The van der Waals surface area contributed by atoms with E-state index in [1.54, 1.807) is 48.3 Å². The number of rotatable bonds is 8. The Morgan fingerprint density at radius 2 is 1.07 bits per heavy atom. The standard InChI is InChI=1S/2C26H30N4O4/c1-26(2,3)34-25(33)29(4)19-12-14-30(15-13-19)23-22(17-8-6-5-7-9-17)27-20-11-10-18(24(31)32)16-21(20)28-23;1-26(2,3)34-25(32)27-19-12-14-30(15-13-19)23-22(17-8-6-5-7-9-17)28-20-11-10-18(24(31)33-4)16-21(20)29-23/h5-11,16,19H,12-15H2,1-4H3,(H,31,32);5-11,16,19H,12-15H2,1-4H3,(H,27,32). The lowest BCUT2D eigenvalue weighted by Gasteiger charge is -2.38. The molecular formula is C52H60N8O8. The van der Waals surface area contributed by atoms with Gasteiger partial charge in [-0.15, -0.1) is 0 Å². The Morgan fingerprint density at radius 1 is 0.618 bits per heavy atom. The predicted molar refractivity (Wildman–Crippen MR) is 262 cm³/mol. The first kappa shape index (κ1) is 48.6. The highest BCUT2D eigenvalue weighted by Gasteiger charge is 2.31. The minimum atomic E-state index is -0.997. The number of piperidine rings is 2. The number of fused-ring (bicyclic) bond motifs is 2. The number of alkyl carbamates (subject to hydrolysis) is 1. The molecule has 8 rings (SSSR count). The average Bonchev–Trinajstić information content (AvgIpc) is 3.32. The number of aromatic nitrogens is 4. The zero-order chi connectivity index (χ0) is 48.8. The maximum absolute atomic E-state index is 12.5. The van der Waals surface area contributed by atoms with Gasteiger partial charge in [0.05, 0.1) is 40.3 Å². The quantitative estimate of drug-likeness (QED) is 0.108. The third-order valence-electron chi connectivity index (χ3n) is 11.6. The van der Waals surface area contributed by atoms with Crippen molar-refractivity contribution in [2.24, 2.45) is 0 Å². The van der Waals surface area contributed by atoms with Crippen LogP contribution in [-0.2, 0) is 14.2 Å². The molecule has 356 valence electrons. The molecule has 0 radical (unpaired) electrons. The Labute approximate surface area is 396 Å². The number of nitrogens with one attached hydrogen (secondary N) is 1. The summed E-state index contributed by atoms with van der Waals surface area (Å²) in [5, 5.41) is 12.4. The lowest BCUT2D eigenvalue weighted by atomic mass is 10.0. The Bertz CT molecular complexity index is 2760. The van der Waals surface area contributed by atoms with Crippen molar-refractivity contribution in [1.29, 1.82) is 0 Å². The fourth-order valence-electron chi connectivity index (χ4n) is 8.15. The van der Waals surface area contributed by atoms with E-state index < -0.39 is 29.2 Å². The number of aromatic carboxylic acids is 1. The molecule has 6 aromatic rings. The van der Waals surface area contributed by atoms with E-state index in [0.29, 0.717) is 53.8 Å². The number of ether oxygens (including phenoxy) is 3. The molecule has 2 saturated heterocycles. The van der Waals surface area contributed by atoms with Crippen LogP contribution in [0.3, 0.4) is 0 Å². The van der Waals surface area contributed by atoms with E-state index >= 15 is 0 Å². The van der Waals surface area contributed by atoms with Gasteiger partial charge in [-0.05, 0) is 104 Å². The molecule has 16 nitrogen and oxygen atoms in total. The second kappa shape index (κ2) is 20.7. The van der Waals surface area contributed by atoms with E-state index in [0.717, 1.165) is 59.8 Å². The van der Waals surface area contributed by atoms with Crippen LogP contribution in [0.2, 0.25) is 0 Å². The van der Waals surface area contributed by atoms with Gasteiger partial charge in [0.2, 0.25) is 0 Å². The molecule has 0 saturated carbocycles. The van der Waals surface area contributed by atoms with E-state index in [1.807, 2.05) is 102 Å². The molecule has 0 atom stereocenters. The van der Waals surface area contributed by atoms with E-state index in [9.17, 15) is 24.3 Å². The Balaban J connectivity index is 0.000000201. The van der Waals surface area contributed by atoms with Gasteiger partial charge in [0.25, 0.3) is 0 Å². The monoisotopic (exact) mass is 924 g/mol. The van der Waals surface area contributed by atoms with Gasteiger partial charge in [0.1, 0.15) is 22.6 Å². The van der Waals surface area contributed by atoms with Gasteiger partial charge in [-0.25, -0.2) is 39.1 Å². The van der Waals surface area contributed by atoms with Gasteiger partial charge in [0.15, 0.2) is 11.6 Å². The number of carbonyl (C=O) groups is 4. The first-order valence-electron chi connectivity index (χ1n) is 22.9. The smallest absolute Gasteiger partial charge is 0.410 e. The van der Waals surface area contributed by atoms with E-state index in [4.69, 9.17) is 34.1 Å². The summed E-state index contributed by atoms with van der Waals surface area (Å²) in [5.74, 6) is 0.0749. The highest BCUT2D eigenvalue weighted by atomic mass is 16.6. The number of esters is 1. The highest BCUT2D eigenvalue weighted by molar-refractivity contribution is 5.95. The van der Waals surface area contributed by atoms with E-state index in [2.05, 4.69) is 15.1 Å². The molecule has 68 heavy (non-hydrogen) atoms. The molecule has 0 bridgehead atoms. The van der Waals surface area contributed by atoms with Crippen molar-refractivity contribution in [2.75, 3.05) is 50.1 Å². The second-order valence-corrected chi connectivity index (χ2v) is 18.9. The normalized spacial score (nSPS) is 14.7. The number of nitrogens with zero attached hydrogens (tertiary/aromatic N) is 7. The van der Waals surface area contributed by atoms with Crippen molar-refractivity contribution in [3.8, 4) is 22.5 Å². The summed E-state index contributed by atoms with van der Waals surface area (Å²) in [6.45, 7) is 13.9. The number of methoxy groups -OCH3 is 1. The van der Waals surface area contributed by atoms with Gasteiger partial charge in [-0.3, -0.25) is 0 Å². The molecule has 2 aliphatic heterocycles. The SMILES string of the molecule is CN(C(=O)OC(C)(C)C)C1CCN(c2nc3cc(C(=O)O)ccc3nc2-c2ccccc2)CC1.COC(=O)c1ccc2nc(-c3ccccc3)c(N3CCC(NC(=O)OC(C)(C)C)CC3)nc2c1. The number of hydrogen-bond donors (Lipinski definition) is 2. The first-order valence-corrected chi connectivity index (χ1v) is 22.9. The van der Waals surface area contributed by atoms with Crippen molar-refractivity contribution in [3.63, 3.8) is 0 Å². The molecule has 4 aromatic carbocycles. The predicted octanol–water partition coefficient (Wildman–Crippen LogP) is 9.41. The molecule has 2 N–H and O–H groups in total. The van der Waals surface area contributed by atoms with Crippen LogP contribution in [-0.4, -0.2) is 118 Å². The van der Waals surface area contributed by atoms with Crippen LogP contribution in [0.25, 0.3) is 44.6 Å². The zero-order valence-corrected chi connectivity index (χ0v) is 40.0. The van der Waals surface area contributed by atoms with Crippen molar-refractivity contribution in [3.05, 3.63) is 108 Å². The van der Waals surface area contributed by atoms with E-state index in [-0.39, 0.29) is 23.7 Å². The van der Waals surface area contributed by atoms with Gasteiger partial charge >= 0.3 is 24.1 Å². The molecule has 4 heterocycles. The Hall–Kier alpha value is -7.36. The number of carboxylic acid groups (broad SMARTS) is 1. The minimum absolute atomic E-state index is 0.0330. The van der Waals surface area contributed by atoms with Crippen LogP contribution in [0.1, 0.15) is 87.9 Å². The molecule has 2 fully saturated rings. The molecule has 0 aliphatic carbocycles. The van der Waals surface area contributed by atoms with Gasteiger partial charge < -0.3 is 39.3 Å². The van der Waals surface area contributed by atoms with Crippen LogP contribution < -0.4 is 15.1 Å². The molecule has 2 aliphatic rings. The summed E-state index contributed by atoms with van der Waals surface area (Å²) >= 11 is 0. The molecule has 2 aromatic heterocycles. The van der Waals surface area contributed by atoms with Crippen molar-refractivity contribution >= 4 is 57.8 Å². The topological polar surface area (TPSA) is 190 Å². The van der Waals surface area contributed by atoms with Crippen LogP contribution in [0.4, 0.5) is 21.2 Å². The largest absolute Gasteiger partial charge is 0.478 e. The van der Waals surface area contributed by atoms with E-state index in [1.165, 1.54) is 7.11 Å². The van der Waals surface area contributed by atoms with Crippen molar-refractivity contribution < 1.29 is 38.5 Å². The van der Waals surface area contributed by atoms with Gasteiger partial charge in [0, 0.05) is 56.4 Å². The number of hydrogen-bond acceptors (Lipinski definition) is 13. The number of carboxylic acids is 1. The average molecular weight is 925 g/mol. The van der Waals surface area contributed by atoms with Crippen molar-refractivity contribution in [1.82, 2.24) is 30.2 Å². The maximum Gasteiger partial charge on any atom is 0.410 e. The summed E-state index contributed by atoms with van der Waals surface area (Å²) in [7, 11) is 3.14. The van der Waals surface area contributed by atoms with Crippen molar-refractivity contribution in [2.45, 2.75) is 90.5 Å². The zero-order valence-electron chi connectivity index (χ0n) is 40.0. The number of benzene rings is 4. The summed E-state index contributed by atoms with van der Waals surface area (Å²) in [6.07, 6.45) is 2.34. The maximum atomic E-state index is 12.5. The fraction of sp³-hybridized carbons (Fsp3) is 0.385. The van der Waals surface area contributed by atoms with Crippen LogP contribution in [0.5, 0.6) is 0 Å². The van der Waals surface area contributed by atoms with Gasteiger partial charge in [-0.2, -0.15) is 0 Å². The van der Waals surface area contributed by atoms with Crippen LogP contribution in [0, 0.1) is 0 Å². The fourth-order valence-corrected chi connectivity index (χ4v) is 8.15. The summed E-state index contributed by atoms with van der Waals surface area (Å²) in [4.78, 5) is 73.8. The number of anilines is 2. The Morgan fingerprint density at radius 3 is 1.53 bits per heavy atom. The molecular weight excluding hydrogens is 865 g/mol. The second-order valence-electron chi connectivity index (χ2n) is 18.9. The van der Waals surface area contributed by atoms with Crippen LogP contribution >= 0.6 is 0 Å².